The molecule has 0 aliphatic heterocycles. The summed E-state index contributed by atoms with van der Waals surface area (Å²) in [5, 5.41) is 3.50. The predicted molar refractivity (Wildman–Crippen MR) is 74.3 cm³/mol. The lowest BCUT2D eigenvalue weighted by atomic mass is 9.99. The van der Waals surface area contributed by atoms with Crippen LogP contribution in [0.15, 0.2) is 10.7 Å². The normalized spacial score (nSPS) is 16.0. The zero-order chi connectivity index (χ0) is 12.5. The Hall–Kier alpha value is -0.640. The van der Waals surface area contributed by atoms with E-state index in [9.17, 15) is 0 Å². The number of anilines is 1. The van der Waals surface area contributed by atoms with Crippen LogP contribution in [-0.4, -0.2) is 15.5 Å². The number of rotatable bonds is 5. The second-order valence-corrected chi connectivity index (χ2v) is 6.28. The van der Waals surface area contributed by atoms with Gasteiger partial charge in [0, 0.05) is 17.5 Å². The minimum atomic E-state index is 0.0867. The molecule has 1 N–H and O–H groups in total. The minimum Gasteiger partial charge on any atom is -0.365 e. The highest BCUT2D eigenvalue weighted by Gasteiger charge is 2.27. The van der Waals surface area contributed by atoms with Gasteiger partial charge in [0.1, 0.15) is 16.2 Å². The first-order valence-electron chi connectivity index (χ1n) is 6.33. The Morgan fingerprint density at radius 1 is 1.41 bits per heavy atom. The molecule has 1 heterocycles. The van der Waals surface area contributed by atoms with Crippen molar-refractivity contribution in [3.8, 4) is 0 Å². The number of nitrogens with one attached hydrogen (secondary N) is 1. The van der Waals surface area contributed by atoms with Crippen molar-refractivity contribution in [1.82, 2.24) is 9.97 Å². The molecule has 1 fully saturated rings. The van der Waals surface area contributed by atoms with E-state index >= 15 is 0 Å². The van der Waals surface area contributed by atoms with E-state index in [1.807, 2.05) is 6.07 Å². The monoisotopic (exact) mass is 297 g/mol. The Balaban J connectivity index is 2.14. The van der Waals surface area contributed by atoms with Crippen LogP contribution >= 0.6 is 15.9 Å². The summed E-state index contributed by atoms with van der Waals surface area (Å²) >= 11 is 3.46. The van der Waals surface area contributed by atoms with E-state index in [1.165, 1.54) is 19.3 Å². The number of aromatic nitrogens is 2. The first kappa shape index (κ1) is 12.8. The van der Waals surface area contributed by atoms with Gasteiger partial charge in [0.25, 0.3) is 0 Å². The maximum Gasteiger partial charge on any atom is 0.135 e. The third-order valence-electron chi connectivity index (χ3n) is 3.00. The number of halogens is 1. The summed E-state index contributed by atoms with van der Waals surface area (Å²) in [5.74, 6) is 2.50. The van der Waals surface area contributed by atoms with Gasteiger partial charge in [0.05, 0.1) is 0 Å². The quantitative estimate of drug-likeness (QED) is 0.831. The smallest absolute Gasteiger partial charge is 0.135 e. The Labute approximate surface area is 112 Å². The van der Waals surface area contributed by atoms with Crippen molar-refractivity contribution in [2.45, 2.75) is 57.9 Å². The molecule has 1 aromatic heterocycles. The van der Waals surface area contributed by atoms with Crippen molar-refractivity contribution in [2.75, 3.05) is 5.32 Å². The molecule has 0 radical (unpaired) electrons. The molecule has 3 nitrogen and oxygen atoms in total. The van der Waals surface area contributed by atoms with Gasteiger partial charge in [0.2, 0.25) is 0 Å². The molecule has 0 aromatic carbocycles. The number of nitrogens with zero attached hydrogens (tertiary/aromatic N) is 2. The topological polar surface area (TPSA) is 37.8 Å². The van der Waals surface area contributed by atoms with Crippen LogP contribution in [-0.2, 0) is 0 Å². The molecule has 0 saturated heterocycles. The van der Waals surface area contributed by atoms with Gasteiger partial charge in [-0.3, -0.25) is 0 Å². The maximum atomic E-state index is 4.61. The lowest BCUT2D eigenvalue weighted by molar-refractivity contribution is 0.508. The molecule has 0 atom stereocenters. The van der Waals surface area contributed by atoms with E-state index in [4.69, 9.17) is 0 Å². The molecule has 0 spiro atoms. The molecular formula is C13H20BrN3. The molecular weight excluding hydrogens is 278 g/mol. The molecule has 1 saturated carbocycles. The standard InChI is InChI=1S/C13H20BrN3/c1-4-7-13(2,3)17-11-8-10(14)15-12(16-11)9-5-6-9/h8-9H,4-7H2,1-3H3,(H,15,16,17). The summed E-state index contributed by atoms with van der Waals surface area (Å²) < 4.78 is 0.879. The second kappa shape index (κ2) is 4.92. The summed E-state index contributed by atoms with van der Waals surface area (Å²) in [6.07, 6.45) is 4.76. The van der Waals surface area contributed by atoms with Crippen molar-refractivity contribution >= 4 is 21.7 Å². The van der Waals surface area contributed by atoms with E-state index in [0.717, 1.165) is 22.7 Å². The van der Waals surface area contributed by atoms with Crippen LogP contribution in [0.4, 0.5) is 5.82 Å². The van der Waals surface area contributed by atoms with Gasteiger partial charge in [-0.05, 0) is 49.0 Å². The molecule has 1 aliphatic rings. The molecule has 2 rings (SSSR count). The summed E-state index contributed by atoms with van der Waals surface area (Å²) in [6, 6.07) is 1.96. The van der Waals surface area contributed by atoms with Crippen molar-refractivity contribution in [3.63, 3.8) is 0 Å². The van der Waals surface area contributed by atoms with Crippen LogP contribution in [0.3, 0.4) is 0 Å². The zero-order valence-corrected chi connectivity index (χ0v) is 12.3. The molecule has 0 bridgehead atoms. The molecule has 0 amide bonds. The van der Waals surface area contributed by atoms with Crippen molar-refractivity contribution in [3.05, 3.63) is 16.5 Å². The minimum absolute atomic E-state index is 0.0867. The first-order valence-corrected chi connectivity index (χ1v) is 7.12. The van der Waals surface area contributed by atoms with Gasteiger partial charge >= 0.3 is 0 Å². The van der Waals surface area contributed by atoms with E-state index in [0.29, 0.717) is 5.92 Å². The third kappa shape index (κ3) is 3.66. The Morgan fingerprint density at radius 2 is 2.12 bits per heavy atom. The van der Waals surface area contributed by atoms with Crippen molar-refractivity contribution in [1.29, 1.82) is 0 Å². The molecule has 0 unspecified atom stereocenters. The maximum absolute atomic E-state index is 4.61. The summed E-state index contributed by atoms with van der Waals surface area (Å²) in [4.78, 5) is 9.05. The highest BCUT2D eigenvalue weighted by atomic mass is 79.9. The largest absolute Gasteiger partial charge is 0.365 e. The Kier molecular flexibility index (Phi) is 3.71. The molecule has 1 aromatic rings. The van der Waals surface area contributed by atoms with Crippen LogP contribution in [0, 0.1) is 0 Å². The summed E-state index contributed by atoms with van der Waals surface area (Å²) in [6.45, 7) is 6.63. The third-order valence-corrected chi connectivity index (χ3v) is 3.40. The number of hydrogen-bond acceptors (Lipinski definition) is 3. The molecule has 1 aliphatic carbocycles. The van der Waals surface area contributed by atoms with Crippen LogP contribution < -0.4 is 5.32 Å². The van der Waals surface area contributed by atoms with Gasteiger partial charge in [-0.25, -0.2) is 9.97 Å². The summed E-state index contributed by atoms with van der Waals surface area (Å²) in [7, 11) is 0. The predicted octanol–water partition coefficient (Wildman–Crippen LogP) is 4.11. The average molecular weight is 298 g/mol. The van der Waals surface area contributed by atoms with Crippen LogP contribution in [0.1, 0.15) is 58.2 Å². The SMILES string of the molecule is CCCC(C)(C)Nc1cc(Br)nc(C2CC2)n1. The van der Waals surface area contributed by atoms with E-state index in [2.05, 4.69) is 52.0 Å². The highest BCUT2D eigenvalue weighted by Crippen LogP contribution is 2.39. The average Bonchev–Trinajstić information content (AvgIpc) is 2.97. The van der Waals surface area contributed by atoms with E-state index < -0.39 is 0 Å². The van der Waals surface area contributed by atoms with Gasteiger partial charge in [0.15, 0.2) is 0 Å². The Bertz CT molecular complexity index is 400. The second-order valence-electron chi connectivity index (χ2n) is 5.47. The van der Waals surface area contributed by atoms with Crippen molar-refractivity contribution in [2.24, 2.45) is 0 Å². The van der Waals surface area contributed by atoms with Crippen LogP contribution in [0.5, 0.6) is 0 Å². The van der Waals surface area contributed by atoms with E-state index in [-0.39, 0.29) is 5.54 Å². The van der Waals surface area contributed by atoms with Gasteiger partial charge < -0.3 is 5.32 Å². The van der Waals surface area contributed by atoms with Crippen molar-refractivity contribution < 1.29 is 0 Å². The Morgan fingerprint density at radius 3 is 2.71 bits per heavy atom. The lowest BCUT2D eigenvalue weighted by Crippen LogP contribution is -2.31. The lowest BCUT2D eigenvalue weighted by Gasteiger charge is -2.26. The fourth-order valence-corrected chi connectivity index (χ4v) is 2.46. The molecule has 94 valence electrons. The first-order chi connectivity index (χ1) is 8.00. The van der Waals surface area contributed by atoms with E-state index in [1.54, 1.807) is 0 Å². The van der Waals surface area contributed by atoms with Crippen LogP contribution in [0.2, 0.25) is 0 Å². The molecule has 17 heavy (non-hydrogen) atoms. The fourth-order valence-electron chi connectivity index (χ4n) is 2.06. The zero-order valence-electron chi connectivity index (χ0n) is 10.8. The highest BCUT2D eigenvalue weighted by molar-refractivity contribution is 9.10. The van der Waals surface area contributed by atoms with Crippen LogP contribution in [0.25, 0.3) is 0 Å². The molecule has 4 heteroatoms. The van der Waals surface area contributed by atoms with Gasteiger partial charge in [-0.2, -0.15) is 0 Å². The van der Waals surface area contributed by atoms with Gasteiger partial charge in [-0.15, -0.1) is 0 Å². The fraction of sp³-hybridized carbons (Fsp3) is 0.692. The summed E-state index contributed by atoms with van der Waals surface area (Å²) in [5.41, 5.74) is 0.0867. The van der Waals surface area contributed by atoms with Gasteiger partial charge in [-0.1, -0.05) is 13.3 Å². The number of hydrogen-bond donors (Lipinski definition) is 1.